The number of Topliss-reactive ketones (excluding diaryl/α,β-unsaturated/α-hetero) is 1. The zero-order valence-corrected chi connectivity index (χ0v) is 13.7. The molecule has 1 atom stereocenters. The van der Waals surface area contributed by atoms with Crippen molar-refractivity contribution in [1.29, 1.82) is 0 Å². The maximum Gasteiger partial charge on any atom is 0.175 e. The zero-order chi connectivity index (χ0) is 15.6. The smallest absolute Gasteiger partial charge is 0.175 e. The molecule has 0 aliphatic heterocycles. The van der Waals surface area contributed by atoms with Crippen LogP contribution in [0.2, 0.25) is 0 Å². The van der Waals surface area contributed by atoms with Gasteiger partial charge in [-0.1, -0.05) is 24.3 Å². The summed E-state index contributed by atoms with van der Waals surface area (Å²) in [6, 6.07) is 11.4. The molecule has 0 amide bonds. The lowest BCUT2D eigenvalue weighted by Crippen LogP contribution is -2.13. The molecule has 2 aromatic rings. The monoisotopic (exact) mass is 300 g/mol. The number of carbonyl (C=O) groups is 1. The van der Waals surface area contributed by atoms with Gasteiger partial charge in [0.25, 0.3) is 0 Å². The first kappa shape index (κ1) is 15.6. The highest BCUT2D eigenvalue weighted by molar-refractivity contribution is 7.85. The Bertz CT molecular complexity index is 717. The Labute approximate surface area is 128 Å². The van der Waals surface area contributed by atoms with E-state index in [1.54, 1.807) is 0 Å². The van der Waals surface area contributed by atoms with Gasteiger partial charge >= 0.3 is 0 Å². The van der Waals surface area contributed by atoms with Crippen LogP contribution in [0.1, 0.15) is 32.6 Å². The van der Waals surface area contributed by atoms with Gasteiger partial charge < -0.3 is 0 Å². The van der Waals surface area contributed by atoms with Crippen LogP contribution in [0.3, 0.4) is 0 Å². The predicted octanol–water partition coefficient (Wildman–Crippen LogP) is 3.91. The van der Waals surface area contributed by atoms with Crippen LogP contribution in [0.15, 0.2) is 41.3 Å². The molecule has 110 valence electrons. The van der Waals surface area contributed by atoms with Crippen LogP contribution in [-0.4, -0.2) is 15.7 Å². The molecule has 0 N–H and O–H groups in total. The van der Waals surface area contributed by atoms with Crippen LogP contribution in [-0.2, 0) is 10.8 Å². The predicted molar refractivity (Wildman–Crippen MR) is 87.4 cm³/mol. The molecule has 1 unspecified atom stereocenters. The summed E-state index contributed by atoms with van der Waals surface area (Å²) < 4.78 is 12.4. The fraction of sp³-hybridized carbons (Fsp3) is 0.278. The van der Waals surface area contributed by atoms with Crippen molar-refractivity contribution in [2.75, 3.05) is 5.75 Å². The summed E-state index contributed by atoms with van der Waals surface area (Å²) >= 11 is 0. The highest BCUT2D eigenvalue weighted by atomic mass is 32.2. The highest BCUT2D eigenvalue weighted by Crippen LogP contribution is 2.18. The van der Waals surface area contributed by atoms with Gasteiger partial charge in [-0.2, -0.15) is 0 Å². The molecule has 0 spiro atoms. The molecule has 0 heterocycles. The summed E-state index contributed by atoms with van der Waals surface area (Å²) in [7, 11) is -1.30. The Morgan fingerprint density at radius 3 is 2.19 bits per heavy atom. The third kappa shape index (κ3) is 3.48. The fourth-order valence-corrected chi connectivity index (χ4v) is 3.55. The van der Waals surface area contributed by atoms with E-state index >= 15 is 0 Å². The number of aryl methyl sites for hydroxylation is 4. The molecule has 0 aliphatic rings. The molecule has 0 fully saturated rings. The number of benzene rings is 2. The topological polar surface area (TPSA) is 34.1 Å². The molecule has 0 aromatic heterocycles. The van der Waals surface area contributed by atoms with Crippen molar-refractivity contribution in [1.82, 2.24) is 0 Å². The van der Waals surface area contributed by atoms with E-state index in [-0.39, 0.29) is 11.5 Å². The van der Waals surface area contributed by atoms with Crippen molar-refractivity contribution >= 4 is 16.6 Å². The summed E-state index contributed by atoms with van der Waals surface area (Å²) in [4.78, 5) is 13.2. The lowest BCUT2D eigenvalue weighted by molar-refractivity contribution is 0.102. The third-order valence-electron chi connectivity index (χ3n) is 3.74. The largest absolute Gasteiger partial charge is 0.293 e. The van der Waals surface area contributed by atoms with Gasteiger partial charge in [0.05, 0.1) is 16.6 Å². The molecule has 0 saturated carbocycles. The van der Waals surface area contributed by atoms with Crippen LogP contribution >= 0.6 is 0 Å². The lowest BCUT2D eigenvalue weighted by atomic mass is 9.99. The summed E-state index contributed by atoms with van der Waals surface area (Å²) in [5, 5.41) is 0. The van der Waals surface area contributed by atoms with Gasteiger partial charge in [0.15, 0.2) is 5.78 Å². The molecule has 2 aromatic carbocycles. The van der Waals surface area contributed by atoms with Gasteiger partial charge in [-0.15, -0.1) is 0 Å². The molecular formula is C18H20O2S. The van der Waals surface area contributed by atoms with Crippen LogP contribution < -0.4 is 0 Å². The number of carbonyl (C=O) groups excluding carboxylic acids is 1. The first-order chi connectivity index (χ1) is 9.90. The Kier molecular flexibility index (Phi) is 4.73. The van der Waals surface area contributed by atoms with Crippen LogP contribution in [0, 0.1) is 27.7 Å². The quantitative estimate of drug-likeness (QED) is 0.802. The van der Waals surface area contributed by atoms with Gasteiger partial charge in [-0.3, -0.25) is 9.00 Å². The van der Waals surface area contributed by atoms with Crippen molar-refractivity contribution in [3.05, 3.63) is 64.2 Å². The van der Waals surface area contributed by atoms with E-state index in [2.05, 4.69) is 0 Å². The molecular weight excluding hydrogens is 280 g/mol. The van der Waals surface area contributed by atoms with Gasteiger partial charge in [-0.25, -0.2) is 0 Å². The van der Waals surface area contributed by atoms with Gasteiger partial charge in [0.2, 0.25) is 0 Å². The van der Waals surface area contributed by atoms with E-state index in [9.17, 15) is 9.00 Å². The minimum absolute atomic E-state index is 0.0359. The Morgan fingerprint density at radius 1 is 0.905 bits per heavy atom. The minimum atomic E-state index is -1.30. The maximum absolute atomic E-state index is 12.4. The van der Waals surface area contributed by atoms with Crippen molar-refractivity contribution in [3.63, 3.8) is 0 Å². The van der Waals surface area contributed by atoms with Gasteiger partial charge in [-0.05, 0) is 62.1 Å². The third-order valence-corrected chi connectivity index (χ3v) is 5.22. The second-order valence-electron chi connectivity index (χ2n) is 5.43. The van der Waals surface area contributed by atoms with Gasteiger partial charge in [0, 0.05) is 10.5 Å². The minimum Gasteiger partial charge on any atom is -0.293 e. The normalized spacial score (nSPS) is 12.2. The molecule has 2 nitrogen and oxygen atoms in total. The first-order valence-electron chi connectivity index (χ1n) is 6.95. The molecule has 0 radical (unpaired) electrons. The Hall–Kier alpha value is -1.74. The van der Waals surface area contributed by atoms with Crippen molar-refractivity contribution < 1.29 is 9.00 Å². The molecule has 0 saturated heterocycles. The van der Waals surface area contributed by atoms with Crippen molar-refractivity contribution in [2.45, 2.75) is 32.6 Å². The van der Waals surface area contributed by atoms with E-state index in [0.29, 0.717) is 5.56 Å². The zero-order valence-electron chi connectivity index (χ0n) is 12.9. The standard InChI is InChI=1S/C18H20O2S/c1-12-7-5-6-8-18(12)21(20)11-17(19)16-10-14(3)13(2)9-15(16)4/h5-10H,11H2,1-4H3. The number of hydrogen-bond donors (Lipinski definition) is 0. The second-order valence-corrected chi connectivity index (χ2v) is 6.85. The molecule has 21 heavy (non-hydrogen) atoms. The van der Waals surface area contributed by atoms with Crippen molar-refractivity contribution in [3.8, 4) is 0 Å². The summed E-state index contributed by atoms with van der Waals surface area (Å²) in [6.45, 7) is 7.86. The van der Waals surface area contributed by atoms with Crippen LogP contribution in [0.4, 0.5) is 0 Å². The van der Waals surface area contributed by atoms with Gasteiger partial charge in [0.1, 0.15) is 0 Å². The Balaban J connectivity index is 2.25. The molecule has 2 rings (SSSR count). The van der Waals surface area contributed by atoms with Crippen LogP contribution in [0.5, 0.6) is 0 Å². The maximum atomic E-state index is 12.4. The lowest BCUT2D eigenvalue weighted by Gasteiger charge is -2.10. The highest BCUT2D eigenvalue weighted by Gasteiger charge is 2.16. The average molecular weight is 300 g/mol. The summed E-state index contributed by atoms with van der Waals surface area (Å²) in [5.41, 5.74) is 4.85. The number of ketones is 1. The first-order valence-corrected chi connectivity index (χ1v) is 8.27. The SMILES string of the molecule is Cc1cc(C)c(C(=O)CS(=O)c2ccccc2C)cc1C. The number of rotatable bonds is 4. The van der Waals surface area contributed by atoms with E-state index in [1.807, 2.05) is 64.1 Å². The van der Waals surface area contributed by atoms with Crippen molar-refractivity contribution in [2.24, 2.45) is 0 Å². The van der Waals surface area contributed by atoms with E-state index in [4.69, 9.17) is 0 Å². The summed E-state index contributed by atoms with van der Waals surface area (Å²) in [6.07, 6.45) is 0. The van der Waals surface area contributed by atoms with Crippen LogP contribution in [0.25, 0.3) is 0 Å². The molecule has 0 bridgehead atoms. The Morgan fingerprint density at radius 2 is 1.52 bits per heavy atom. The number of hydrogen-bond acceptors (Lipinski definition) is 2. The van der Waals surface area contributed by atoms with E-state index in [1.165, 1.54) is 5.56 Å². The molecule has 3 heteroatoms. The van der Waals surface area contributed by atoms with E-state index < -0.39 is 10.8 Å². The second kappa shape index (κ2) is 6.35. The summed E-state index contributed by atoms with van der Waals surface area (Å²) in [5.74, 6) is -0.0223. The fourth-order valence-electron chi connectivity index (χ4n) is 2.35. The molecule has 0 aliphatic carbocycles. The average Bonchev–Trinajstić information content (AvgIpc) is 2.43. The van der Waals surface area contributed by atoms with E-state index in [0.717, 1.165) is 21.6 Å².